The molecular weight excluding hydrogens is 352 g/mol. The number of thioether (sulfide) groups is 1. The zero-order valence-electron chi connectivity index (χ0n) is 15.3. The molecule has 0 aromatic carbocycles. The number of pyridine rings is 1. The number of aromatic nitrogens is 1. The number of amides is 3. The lowest BCUT2D eigenvalue weighted by atomic mass is 9.75. The van der Waals surface area contributed by atoms with Crippen LogP contribution in [0, 0.1) is 5.92 Å². The van der Waals surface area contributed by atoms with Gasteiger partial charge in [0.15, 0.2) is 0 Å². The molecule has 2 atom stereocenters. The van der Waals surface area contributed by atoms with E-state index in [1.165, 1.54) is 11.8 Å². The quantitative estimate of drug-likeness (QED) is 0.798. The van der Waals surface area contributed by atoms with Gasteiger partial charge >= 0.3 is 6.03 Å². The van der Waals surface area contributed by atoms with Gasteiger partial charge in [-0.25, -0.2) is 9.78 Å². The fourth-order valence-corrected chi connectivity index (χ4v) is 4.41. The van der Waals surface area contributed by atoms with Gasteiger partial charge in [0, 0.05) is 52.4 Å². The fraction of sp³-hybridized carbons (Fsp3) is 0.611. The smallest absolute Gasteiger partial charge is 0.319 e. The van der Waals surface area contributed by atoms with Gasteiger partial charge in [-0.1, -0.05) is 17.8 Å². The summed E-state index contributed by atoms with van der Waals surface area (Å²) in [6.45, 7) is 2.11. The summed E-state index contributed by atoms with van der Waals surface area (Å²) in [5.74, 6) is 0.291. The highest BCUT2D eigenvalue weighted by atomic mass is 32.2. The van der Waals surface area contributed by atoms with E-state index in [9.17, 15) is 14.7 Å². The zero-order valence-corrected chi connectivity index (χ0v) is 16.1. The number of nitrogens with zero attached hydrogens (tertiary/aromatic N) is 4. The van der Waals surface area contributed by atoms with Crippen LogP contribution in [0.15, 0.2) is 29.4 Å². The summed E-state index contributed by atoms with van der Waals surface area (Å²) >= 11 is 1.42. The van der Waals surface area contributed by atoms with Crippen LogP contribution in [0.3, 0.4) is 0 Å². The summed E-state index contributed by atoms with van der Waals surface area (Å²) in [6.07, 6.45) is 2.86. The number of rotatable bonds is 3. The van der Waals surface area contributed by atoms with Gasteiger partial charge in [0.05, 0.1) is 16.4 Å². The molecule has 2 saturated heterocycles. The van der Waals surface area contributed by atoms with Crippen molar-refractivity contribution in [2.75, 3.05) is 46.0 Å². The van der Waals surface area contributed by atoms with E-state index in [2.05, 4.69) is 4.98 Å². The lowest BCUT2D eigenvalue weighted by Gasteiger charge is -2.50. The Labute approximate surface area is 158 Å². The maximum absolute atomic E-state index is 12.6. The lowest BCUT2D eigenvalue weighted by molar-refractivity contribution is -0.142. The van der Waals surface area contributed by atoms with Crippen LogP contribution in [-0.2, 0) is 4.79 Å². The topological polar surface area (TPSA) is 77.0 Å². The molecule has 0 aliphatic carbocycles. The van der Waals surface area contributed by atoms with Gasteiger partial charge in [-0.3, -0.25) is 4.79 Å². The SMILES string of the molecule is CN(C)C(=O)N1CC[C@]2(O)CCN(C(=O)CSc3ccccn3)C[C@@H]2C1. The largest absolute Gasteiger partial charge is 0.389 e. The highest BCUT2D eigenvalue weighted by Gasteiger charge is 2.46. The van der Waals surface area contributed by atoms with E-state index in [1.807, 2.05) is 23.1 Å². The third-order valence-electron chi connectivity index (χ3n) is 5.26. The molecule has 142 valence electrons. The van der Waals surface area contributed by atoms with Gasteiger partial charge < -0.3 is 19.8 Å². The minimum atomic E-state index is -0.770. The minimum absolute atomic E-state index is 0.0405. The number of piperidine rings is 2. The summed E-state index contributed by atoms with van der Waals surface area (Å²) in [6, 6.07) is 5.60. The molecule has 7 nitrogen and oxygen atoms in total. The van der Waals surface area contributed by atoms with Crippen molar-refractivity contribution in [2.45, 2.75) is 23.5 Å². The van der Waals surface area contributed by atoms with Crippen LogP contribution in [0.25, 0.3) is 0 Å². The molecular formula is C18H26N4O3S. The molecule has 3 rings (SSSR count). The molecule has 1 aromatic rings. The van der Waals surface area contributed by atoms with Crippen molar-refractivity contribution in [1.29, 1.82) is 0 Å². The Morgan fingerprint density at radius 1 is 1.27 bits per heavy atom. The molecule has 3 heterocycles. The standard InChI is InChI=1S/C18H26N4O3S/c1-20(2)17(24)22-10-7-18(25)6-9-21(11-14(18)12-22)16(23)13-26-15-5-3-4-8-19-15/h3-5,8,14,25H,6-7,9-13H2,1-2H3/t14-,18-/m1/s1. The van der Waals surface area contributed by atoms with E-state index in [0.29, 0.717) is 44.8 Å². The molecule has 2 aliphatic heterocycles. The summed E-state index contributed by atoms with van der Waals surface area (Å²) in [4.78, 5) is 34.2. The van der Waals surface area contributed by atoms with E-state index in [-0.39, 0.29) is 17.9 Å². The van der Waals surface area contributed by atoms with Gasteiger partial charge in [0.2, 0.25) is 5.91 Å². The van der Waals surface area contributed by atoms with Crippen LogP contribution < -0.4 is 0 Å². The summed E-state index contributed by atoms with van der Waals surface area (Å²) in [5.41, 5.74) is -0.770. The number of hydrogen-bond acceptors (Lipinski definition) is 5. The Hall–Kier alpha value is -1.80. The Balaban J connectivity index is 1.58. The van der Waals surface area contributed by atoms with Crippen molar-refractivity contribution in [3.05, 3.63) is 24.4 Å². The fourth-order valence-electron chi connectivity index (χ4n) is 3.65. The Morgan fingerprint density at radius 2 is 1.96 bits per heavy atom. The normalized spacial score (nSPS) is 25.6. The number of carbonyl (C=O) groups is 2. The summed E-state index contributed by atoms with van der Waals surface area (Å²) in [5, 5.41) is 11.8. The Kier molecular flexibility index (Phi) is 5.72. The first kappa shape index (κ1) is 19.0. The second-order valence-corrected chi connectivity index (χ2v) is 8.22. The Morgan fingerprint density at radius 3 is 2.62 bits per heavy atom. The lowest BCUT2D eigenvalue weighted by Crippen LogP contribution is -2.62. The van der Waals surface area contributed by atoms with Gasteiger partial charge in [-0.2, -0.15) is 0 Å². The minimum Gasteiger partial charge on any atom is -0.389 e. The second-order valence-electron chi connectivity index (χ2n) is 7.22. The van der Waals surface area contributed by atoms with Crippen LogP contribution in [0.1, 0.15) is 12.8 Å². The van der Waals surface area contributed by atoms with E-state index < -0.39 is 5.60 Å². The summed E-state index contributed by atoms with van der Waals surface area (Å²) < 4.78 is 0. The highest BCUT2D eigenvalue weighted by molar-refractivity contribution is 7.99. The maximum Gasteiger partial charge on any atom is 0.319 e. The van der Waals surface area contributed by atoms with Crippen LogP contribution >= 0.6 is 11.8 Å². The van der Waals surface area contributed by atoms with Crippen molar-refractivity contribution < 1.29 is 14.7 Å². The maximum atomic E-state index is 12.6. The molecule has 1 N–H and O–H groups in total. The van der Waals surface area contributed by atoms with Crippen LogP contribution in [-0.4, -0.2) is 88.4 Å². The van der Waals surface area contributed by atoms with E-state index in [1.54, 1.807) is 30.1 Å². The molecule has 2 aliphatic rings. The Bertz CT molecular complexity index is 657. The molecule has 0 spiro atoms. The highest BCUT2D eigenvalue weighted by Crippen LogP contribution is 2.36. The zero-order chi connectivity index (χ0) is 18.7. The van der Waals surface area contributed by atoms with Gasteiger partial charge in [-0.05, 0) is 25.0 Å². The first-order valence-corrected chi connectivity index (χ1v) is 9.88. The second kappa shape index (κ2) is 7.84. The molecule has 0 radical (unpaired) electrons. The average Bonchev–Trinajstić information content (AvgIpc) is 2.65. The van der Waals surface area contributed by atoms with Gasteiger partial charge in [-0.15, -0.1) is 0 Å². The first-order valence-electron chi connectivity index (χ1n) is 8.89. The van der Waals surface area contributed by atoms with Crippen LogP contribution in [0.2, 0.25) is 0 Å². The van der Waals surface area contributed by atoms with Crippen LogP contribution in [0.5, 0.6) is 0 Å². The van der Waals surface area contributed by atoms with Crippen molar-refractivity contribution in [3.63, 3.8) is 0 Å². The molecule has 0 unspecified atom stereocenters. The van der Waals surface area contributed by atoms with Crippen molar-refractivity contribution in [1.82, 2.24) is 19.7 Å². The predicted molar refractivity (Wildman–Crippen MR) is 99.9 cm³/mol. The molecule has 0 bridgehead atoms. The number of hydrogen-bond donors (Lipinski definition) is 1. The van der Waals surface area contributed by atoms with Crippen LogP contribution in [0.4, 0.5) is 4.79 Å². The average molecular weight is 378 g/mol. The van der Waals surface area contributed by atoms with E-state index >= 15 is 0 Å². The number of carbonyl (C=O) groups excluding carboxylic acids is 2. The van der Waals surface area contributed by atoms with E-state index in [4.69, 9.17) is 0 Å². The number of fused-ring (bicyclic) bond motifs is 1. The number of aliphatic hydroxyl groups is 1. The predicted octanol–water partition coefficient (Wildman–Crippen LogP) is 1.14. The number of likely N-dealkylation sites (tertiary alicyclic amines) is 2. The molecule has 2 fully saturated rings. The summed E-state index contributed by atoms with van der Waals surface area (Å²) in [7, 11) is 3.46. The monoisotopic (exact) mass is 378 g/mol. The molecule has 0 saturated carbocycles. The molecule has 1 aromatic heterocycles. The van der Waals surface area contributed by atoms with E-state index in [0.717, 1.165) is 5.03 Å². The third-order valence-corrected chi connectivity index (χ3v) is 6.19. The number of urea groups is 1. The van der Waals surface area contributed by atoms with Gasteiger partial charge in [0.25, 0.3) is 0 Å². The molecule has 8 heteroatoms. The third kappa shape index (κ3) is 4.12. The first-order chi connectivity index (χ1) is 12.4. The van der Waals surface area contributed by atoms with Crippen molar-refractivity contribution >= 4 is 23.7 Å². The van der Waals surface area contributed by atoms with Gasteiger partial charge in [0.1, 0.15) is 0 Å². The molecule has 3 amide bonds. The van der Waals surface area contributed by atoms with Crippen molar-refractivity contribution in [3.8, 4) is 0 Å². The molecule has 26 heavy (non-hydrogen) atoms. The van der Waals surface area contributed by atoms with Crippen molar-refractivity contribution in [2.24, 2.45) is 5.92 Å².